The molecule has 0 saturated carbocycles. The lowest BCUT2D eigenvalue weighted by Gasteiger charge is -2.07. The molecule has 0 aliphatic rings. The maximum absolute atomic E-state index is 13.5. The summed E-state index contributed by atoms with van der Waals surface area (Å²) in [7, 11) is 0. The van der Waals surface area contributed by atoms with Gasteiger partial charge < -0.3 is 10.2 Å². The molecule has 0 saturated heterocycles. The summed E-state index contributed by atoms with van der Waals surface area (Å²) in [5.74, 6) is -1.03. The molecule has 30 heavy (non-hydrogen) atoms. The van der Waals surface area contributed by atoms with Crippen LogP contribution in [0.1, 0.15) is 11.3 Å². The standard InChI is InChI=1S/C17H9F4N7O2/c18-13-2-11-14(30-13)9(1-12(26-11)17(19,20)21)16-25-7-28(27-16)5-10(15(22)29)8-3-23-6-24-4-8/h1-7H,(H2,22,29)/b10-5+. The first-order valence-corrected chi connectivity index (χ1v) is 8.08. The number of furan rings is 1. The van der Waals surface area contributed by atoms with Gasteiger partial charge in [0.05, 0.1) is 11.1 Å². The van der Waals surface area contributed by atoms with Crippen LogP contribution >= 0.6 is 0 Å². The van der Waals surface area contributed by atoms with Crippen molar-refractivity contribution in [3.63, 3.8) is 0 Å². The molecule has 0 fully saturated rings. The van der Waals surface area contributed by atoms with Crippen molar-refractivity contribution in [3.05, 3.63) is 54.5 Å². The Kier molecular flexibility index (Phi) is 4.49. The lowest BCUT2D eigenvalue weighted by molar-refractivity contribution is -0.140. The van der Waals surface area contributed by atoms with Crippen molar-refractivity contribution in [2.45, 2.75) is 6.18 Å². The van der Waals surface area contributed by atoms with Crippen molar-refractivity contribution in [1.82, 2.24) is 29.7 Å². The molecule has 4 aromatic heterocycles. The molecule has 0 aliphatic carbocycles. The fraction of sp³-hybridized carbons (Fsp3) is 0.0588. The third-order valence-electron chi connectivity index (χ3n) is 3.89. The van der Waals surface area contributed by atoms with Crippen LogP contribution < -0.4 is 5.73 Å². The summed E-state index contributed by atoms with van der Waals surface area (Å²) in [6, 6.07) is 0.262. The van der Waals surface area contributed by atoms with Gasteiger partial charge in [-0.3, -0.25) is 4.79 Å². The largest absolute Gasteiger partial charge is 0.433 e. The molecule has 4 rings (SSSR count). The van der Waals surface area contributed by atoms with Gasteiger partial charge in [0.1, 0.15) is 23.9 Å². The highest BCUT2D eigenvalue weighted by Crippen LogP contribution is 2.35. The van der Waals surface area contributed by atoms with E-state index in [0.717, 1.165) is 17.1 Å². The molecule has 0 spiro atoms. The van der Waals surface area contributed by atoms with E-state index in [4.69, 9.17) is 10.2 Å². The number of nitrogens with zero attached hydrogens (tertiary/aromatic N) is 6. The average molecular weight is 419 g/mol. The van der Waals surface area contributed by atoms with Crippen LogP contribution in [0.2, 0.25) is 0 Å². The van der Waals surface area contributed by atoms with E-state index < -0.39 is 23.8 Å². The predicted octanol–water partition coefficient (Wildman–Crippen LogP) is 2.52. The van der Waals surface area contributed by atoms with Crippen LogP contribution in [0, 0.1) is 6.01 Å². The van der Waals surface area contributed by atoms with Gasteiger partial charge in [-0.15, -0.1) is 5.10 Å². The minimum atomic E-state index is -4.79. The molecule has 0 atom stereocenters. The average Bonchev–Trinajstić information content (AvgIpc) is 3.30. The van der Waals surface area contributed by atoms with Gasteiger partial charge in [0.25, 0.3) is 11.9 Å². The van der Waals surface area contributed by atoms with Gasteiger partial charge in [0.2, 0.25) is 0 Å². The molecule has 4 heterocycles. The summed E-state index contributed by atoms with van der Waals surface area (Å²) >= 11 is 0. The predicted molar refractivity (Wildman–Crippen MR) is 93.4 cm³/mol. The summed E-state index contributed by atoms with van der Waals surface area (Å²) < 4.78 is 58.9. The lowest BCUT2D eigenvalue weighted by Crippen LogP contribution is -2.14. The highest BCUT2D eigenvalue weighted by atomic mass is 19.4. The second kappa shape index (κ2) is 7.02. The van der Waals surface area contributed by atoms with E-state index >= 15 is 0 Å². The highest BCUT2D eigenvalue weighted by Gasteiger charge is 2.34. The molecule has 0 radical (unpaired) electrons. The van der Waals surface area contributed by atoms with Crippen molar-refractivity contribution in [2.24, 2.45) is 5.73 Å². The molecule has 0 aliphatic heterocycles. The number of halogens is 4. The van der Waals surface area contributed by atoms with E-state index in [9.17, 15) is 22.4 Å². The number of carbonyl (C=O) groups excluding carboxylic acids is 1. The molecule has 0 bridgehead atoms. The van der Waals surface area contributed by atoms with E-state index in [-0.39, 0.29) is 28.1 Å². The van der Waals surface area contributed by atoms with Crippen LogP contribution in [-0.2, 0) is 11.0 Å². The van der Waals surface area contributed by atoms with Crippen LogP contribution in [0.25, 0.3) is 34.3 Å². The molecular formula is C17H9F4N7O2. The summed E-state index contributed by atoms with van der Waals surface area (Å²) in [4.78, 5) is 26.6. The first-order chi connectivity index (χ1) is 14.2. The molecule has 9 nitrogen and oxygen atoms in total. The zero-order valence-electron chi connectivity index (χ0n) is 14.6. The van der Waals surface area contributed by atoms with Crippen molar-refractivity contribution >= 4 is 28.8 Å². The molecule has 2 N–H and O–H groups in total. The Labute approximate surface area is 163 Å². The van der Waals surface area contributed by atoms with Gasteiger partial charge in [-0.25, -0.2) is 24.6 Å². The molecular weight excluding hydrogens is 410 g/mol. The number of rotatable bonds is 4. The number of nitrogens with two attached hydrogens (primary N) is 1. The zero-order valence-corrected chi connectivity index (χ0v) is 14.6. The van der Waals surface area contributed by atoms with Crippen LogP contribution in [0.3, 0.4) is 0 Å². The molecule has 152 valence electrons. The van der Waals surface area contributed by atoms with Gasteiger partial charge in [0, 0.05) is 30.2 Å². The van der Waals surface area contributed by atoms with Gasteiger partial charge in [-0.1, -0.05) is 0 Å². The Morgan fingerprint density at radius 2 is 1.93 bits per heavy atom. The number of amides is 1. The fourth-order valence-corrected chi connectivity index (χ4v) is 2.62. The first kappa shape index (κ1) is 19.2. The van der Waals surface area contributed by atoms with Gasteiger partial charge in [-0.2, -0.15) is 17.6 Å². The minimum Gasteiger partial charge on any atom is -0.428 e. The topological polar surface area (TPSA) is 126 Å². The number of alkyl halides is 3. The molecule has 0 unspecified atom stereocenters. The van der Waals surface area contributed by atoms with Gasteiger partial charge in [-0.05, 0) is 6.07 Å². The van der Waals surface area contributed by atoms with Gasteiger partial charge in [0.15, 0.2) is 11.4 Å². The Bertz CT molecular complexity index is 1280. The summed E-state index contributed by atoms with van der Waals surface area (Å²) in [6.45, 7) is 0. The zero-order chi connectivity index (χ0) is 21.5. The quantitative estimate of drug-likeness (QED) is 0.398. The van der Waals surface area contributed by atoms with Crippen molar-refractivity contribution < 1.29 is 26.8 Å². The summed E-state index contributed by atoms with van der Waals surface area (Å²) in [5, 5.41) is 4.01. The van der Waals surface area contributed by atoms with Crippen molar-refractivity contribution in [2.75, 3.05) is 0 Å². The van der Waals surface area contributed by atoms with Gasteiger partial charge >= 0.3 is 6.18 Å². The maximum atomic E-state index is 13.5. The van der Waals surface area contributed by atoms with E-state index in [1.54, 1.807) is 0 Å². The number of pyridine rings is 1. The Morgan fingerprint density at radius 3 is 2.60 bits per heavy atom. The molecule has 13 heteroatoms. The number of hydrogen-bond donors (Lipinski definition) is 1. The Morgan fingerprint density at radius 1 is 1.20 bits per heavy atom. The summed E-state index contributed by atoms with van der Waals surface area (Å²) in [6.07, 6.45) is 1.48. The van der Waals surface area contributed by atoms with Crippen LogP contribution in [0.15, 0.2) is 41.6 Å². The summed E-state index contributed by atoms with van der Waals surface area (Å²) in [5.41, 5.74) is 3.54. The number of carbonyl (C=O) groups is 1. The van der Waals surface area contributed by atoms with E-state index in [2.05, 4.69) is 25.0 Å². The molecule has 4 aromatic rings. The number of primary amides is 1. The SMILES string of the molecule is NC(=O)/C(=C/n1cnc(-c2cc(C(F)(F)F)nc3cc(F)oc23)n1)c1cncnc1. The number of fused-ring (bicyclic) bond motifs is 1. The minimum absolute atomic E-state index is 0.0213. The second-order valence-corrected chi connectivity index (χ2v) is 5.90. The fourth-order valence-electron chi connectivity index (χ4n) is 2.62. The third kappa shape index (κ3) is 3.59. The van der Waals surface area contributed by atoms with Crippen molar-refractivity contribution in [3.8, 4) is 11.4 Å². The monoisotopic (exact) mass is 419 g/mol. The normalized spacial score (nSPS) is 12.5. The van der Waals surface area contributed by atoms with Crippen molar-refractivity contribution in [1.29, 1.82) is 0 Å². The Hall–Kier alpha value is -4.16. The van der Waals surface area contributed by atoms with Crippen LogP contribution in [-0.4, -0.2) is 35.6 Å². The lowest BCUT2D eigenvalue weighted by atomic mass is 10.1. The number of hydrogen-bond acceptors (Lipinski definition) is 7. The third-order valence-corrected chi connectivity index (χ3v) is 3.89. The Balaban J connectivity index is 1.83. The van der Waals surface area contributed by atoms with E-state index in [1.807, 2.05) is 0 Å². The second-order valence-electron chi connectivity index (χ2n) is 5.90. The number of aromatic nitrogens is 6. The molecule has 0 aromatic carbocycles. The van der Waals surface area contributed by atoms with Crippen LogP contribution in [0.4, 0.5) is 17.6 Å². The maximum Gasteiger partial charge on any atom is 0.433 e. The van der Waals surface area contributed by atoms with E-state index in [1.165, 1.54) is 24.9 Å². The van der Waals surface area contributed by atoms with Crippen LogP contribution in [0.5, 0.6) is 0 Å². The smallest absolute Gasteiger partial charge is 0.428 e. The molecule has 1 amide bonds. The van der Waals surface area contributed by atoms with E-state index in [0.29, 0.717) is 11.6 Å². The highest BCUT2D eigenvalue weighted by molar-refractivity contribution is 6.22. The first-order valence-electron chi connectivity index (χ1n) is 8.08.